The smallest absolute Gasteiger partial charge is 0.136 e. The zero-order valence-corrected chi connectivity index (χ0v) is 9.58. The topological polar surface area (TPSA) is 26.5 Å². The highest BCUT2D eigenvalue weighted by atomic mass is 19.1. The molecule has 0 bridgehead atoms. The summed E-state index contributed by atoms with van der Waals surface area (Å²) >= 11 is 0. The van der Waals surface area contributed by atoms with E-state index in [9.17, 15) is 4.39 Å². The maximum Gasteiger partial charge on any atom is 0.136 e. The minimum Gasteiger partial charge on any atom is -0.487 e. The molecule has 2 heterocycles. The fourth-order valence-electron chi connectivity index (χ4n) is 1.81. The molecule has 0 aliphatic carbocycles. The first-order chi connectivity index (χ1) is 8.83. The Morgan fingerprint density at radius 2 is 2.11 bits per heavy atom. The highest BCUT2D eigenvalue weighted by Gasteiger charge is 2.03. The second-order valence-corrected chi connectivity index (χ2v) is 3.92. The van der Waals surface area contributed by atoms with Gasteiger partial charge >= 0.3 is 0 Å². The molecule has 18 heavy (non-hydrogen) atoms. The van der Waals surface area contributed by atoms with Gasteiger partial charge in [0.2, 0.25) is 0 Å². The van der Waals surface area contributed by atoms with E-state index >= 15 is 0 Å². The lowest BCUT2D eigenvalue weighted by molar-refractivity contribution is 0.298. The largest absolute Gasteiger partial charge is 0.487 e. The average Bonchev–Trinajstić information content (AvgIpc) is 2.80. The molecule has 0 spiro atoms. The van der Waals surface area contributed by atoms with Gasteiger partial charge in [0.25, 0.3) is 0 Å². The summed E-state index contributed by atoms with van der Waals surface area (Å²) in [6, 6.07) is 11.9. The Hall–Kier alpha value is -2.36. The molecule has 0 saturated heterocycles. The van der Waals surface area contributed by atoms with Crippen LogP contribution in [0.3, 0.4) is 0 Å². The summed E-state index contributed by atoms with van der Waals surface area (Å²) in [6.45, 7) is 0.356. The van der Waals surface area contributed by atoms with Crippen molar-refractivity contribution in [3.05, 3.63) is 66.4 Å². The van der Waals surface area contributed by atoms with Crippen LogP contribution >= 0.6 is 0 Å². The molecule has 1 aromatic carbocycles. The number of imidazole rings is 1. The average molecular weight is 242 g/mol. The maximum absolute atomic E-state index is 13.0. The van der Waals surface area contributed by atoms with Gasteiger partial charge in [-0.1, -0.05) is 12.1 Å². The fourth-order valence-corrected chi connectivity index (χ4v) is 1.81. The third kappa shape index (κ3) is 2.05. The summed E-state index contributed by atoms with van der Waals surface area (Å²) in [4.78, 5) is 4.26. The van der Waals surface area contributed by atoms with Crippen molar-refractivity contribution in [3.63, 3.8) is 0 Å². The van der Waals surface area contributed by atoms with Gasteiger partial charge in [0.1, 0.15) is 23.8 Å². The van der Waals surface area contributed by atoms with Gasteiger partial charge in [-0.05, 0) is 24.3 Å². The number of pyridine rings is 1. The van der Waals surface area contributed by atoms with E-state index in [4.69, 9.17) is 4.74 Å². The van der Waals surface area contributed by atoms with Gasteiger partial charge in [-0.3, -0.25) is 0 Å². The van der Waals surface area contributed by atoms with Crippen LogP contribution in [0, 0.1) is 5.82 Å². The number of halogens is 1. The van der Waals surface area contributed by atoms with Crippen LogP contribution in [0.4, 0.5) is 4.39 Å². The summed E-state index contributed by atoms with van der Waals surface area (Å²) < 4.78 is 20.5. The van der Waals surface area contributed by atoms with E-state index < -0.39 is 0 Å². The molecule has 0 aliphatic rings. The molecule has 2 aromatic heterocycles. The van der Waals surface area contributed by atoms with Crippen LogP contribution in [0.5, 0.6) is 5.75 Å². The standard InChI is InChI=1S/C14H11FN2O/c15-11-4-3-5-13(8-11)18-10-12-9-16-14-6-1-2-7-17(12)14/h1-9H,10H2. The Balaban J connectivity index is 1.81. The Morgan fingerprint density at radius 1 is 1.17 bits per heavy atom. The molecule has 0 N–H and O–H groups in total. The number of ether oxygens (including phenoxy) is 1. The highest BCUT2D eigenvalue weighted by Crippen LogP contribution is 2.14. The van der Waals surface area contributed by atoms with Crippen LogP contribution in [-0.4, -0.2) is 9.38 Å². The van der Waals surface area contributed by atoms with E-state index in [0.29, 0.717) is 12.4 Å². The minimum absolute atomic E-state index is 0.300. The molecular formula is C14H11FN2O. The minimum atomic E-state index is -0.300. The third-order valence-electron chi connectivity index (χ3n) is 2.68. The molecule has 90 valence electrons. The number of fused-ring (bicyclic) bond motifs is 1. The van der Waals surface area contributed by atoms with E-state index in [1.807, 2.05) is 28.8 Å². The predicted molar refractivity (Wildman–Crippen MR) is 65.9 cm³/mol. The lowest BCUT2D eigenvalue weighted by atomic mass is 10.3. The van der Waals surface area contributed by atoms with Gasteiger partial charge in [-0.2, -0.15) is 0 Å². The number of aromatic nitrogens is 2. The number of nitrogens with zero attached hydrogens (tertiary/aromatic N) is 2. The molecule has 3 nitrogen and oxygen atoms in total. The predicted octanol–water partition coefficient (Wildman–Crippen LogP) is 3.05. The van der Waals surface area contributed by atoms with Crippen LogP contribution in [0.25, 0.3) is 5.65 Å². The molecular weight excluding hydrogens is 231 g/mol. The normalized spacial score (nSPS) is 10.7. The molecule has 0 radical (unpaired) electrons. The Kier molecular flexibility index (Phi) is 2.68. The lowest BCUT2D eigenvalue weighted by Crippen LogP contribution is -1.99. The molecule has 0 amide bonds. The Morgan fingerprint density at radius 3 is 3.00 bits per heavy atom. The van der Waals surface area contributed by atoms with Crippen molar-refractivity contribution in [2.75, 3.05) is 0 Å². The van der Waals surface area contributed by atoms with Crippen molar-refractivity contribution in [1.29, 1.82) is 0 Å². The molecule has 0 atom stereocenters. The van der Waals surface area contributed by atoms with E-state index in [1.165, 1.54) is 12.1 Å². The van der Waals surface area contributed by atoms with Crippen molar-refractivity contribution < 1.29 is 9.13 Å². The van der Waals surface area contributed by atoms with Gasteiger partial charge in [0.15, 0.2) is 0 Å². The first kappa shape index (κ1) is 10.8. The Bertz CT molecular complexity index is 678. The first-order valence-electron chi connectivity index (χ1n) is 5.62. The van der Waals surface area contributed by atoms with Crippen molar-refractivity contribution in [2.24, 2.45) is 0 Å². The van der Waals surface area contributed by atoms with Gasteiger partial charge in [-0.25, -0.2) is 9.37 Å². The van der Waals surface area contributed by atoms with Crippen molar-refractivity contribution in [1.82, 2.24) is 9.38 Å². The van der Waals surface area contributed by atoms with Gasteiger partial charge in [0.05, 0.1) is 11.9 Å². The number of hydrogen-bond donors (Lipinski definition) is 0. The van der Waals surface area contributed by atoms with Gasteiger partial charge in [0, 0.05) is 12.3 Å². The SMILES string of the molecule is Fc1cccc(OCc2cnc3ccccn23)c1. The maximum atomic E-state index is 13.0. The Labute approximate surface area is 103 Å². The zero-order chi connectivity index (χ0) is 12.4. The lowest BCUT2D eigenvalue weighted by Gasteiger charge is -2.05. The zero-order valence-electron chi connectivity index (χ0n) is 9.58. The first-order valence-corrected chi connectivity index (χ1v) is 5.62. The molecule has 3 aromatic rings. The quantitative estimate of drug-likeness (QED) is 0.705. The number of benzene rings is 1. The second kappa shape index (κ2) is 4.49. The second-order valence-electron chi connectivity index (χ2n) is 3.92. The van der Waals surface area contributed by atoms with Crippen LogP contribution in [0.1, 0.15) is 5.69 Å². The summed E-state index contributed by atoms with van der Waals surface area (Å²) in [5, 5.41) is 0. The highest BCUT2D eigenvalue weighted by molar-refractivity contribution is 5.39. The van der Waals surface area contributed by atoms with E-state index in [1.54, 1.807) is 18.3 Å². The van der Waals surface area contributed by atoms with Crippen LogP contribution < -0.4 is 4.74 Å². The molecule has 0 fully saturated rings. The van der Waals surface area contributed by atoms with E-state index in [0.717, 1.165) is 11.3 Å². The van der Waals surface area contributed by atoms with Crippen molar-refractivity contribution >= 4 is 5.65 Å². The van der Waals surface area contributed by atoms with Crippen LogP contribution in [0.2, 0.25) is 0 Å². The molecule has 3 rings (SSSR count). The van der Waals surface area contributed by atoms with Crippen molar-refractivity contribution in [2.45, 2.75) is 6.61 Å². The molecule has 4 heteroatoms. The summed E-state index contributed by atoms with van der Waals surface area (Å²) in [7, 11) is 0. The number of hydrogen-bond acceptors (Lipinski definition) is 2. The number of rotatable bonds is 3. The summed E-state index contributed by atoms with van der Waals surface area (Å²) in [5.74, 6) is 0.214. The monoisotopic (exact) mass is 242 g/mol. The van der Waals surface area contributed by atoms with Gasteiger partial charge < -0.3 is 9.14 Å². The van der Waals surface area contributed by atoms with Crippen LogP contribution in [-0.2, 0) is 6.61 Å². The molecule has 0 saturated carbocycles. The molecule has 0 unspecified atom stereocenters. The summed E-state index contributed by atoms with van der Waals surface area (Å²) in [6.07, 6.45) is 3.68. The van der Waals surface area contributed by atoms with E-state index in [2.05, 4.69) is 4.98 Å². The fraction of sp³-hybridized carbons (Fsp3) is 0.0714. The van der Waals surface area contributed by atoms with Gasteiger partial charge in [-0.15, -0.1) is 0 Å². The van der Waals surface area contributed by atoms with E-state index in [-0.39, 0.29) is 5.82 Å². The molecule has 0 aliphatic heterocycles. The summed E-state index contributed by atoms with van der Waals surface area (Å²) in [5.41, 5.74) is 1.80. The third-order valence-corrected chi connectivity index (χ3v) is 2.68. The van der Waals surface area contributed by atoms with Crippen LogP contribution in [0.15, 0.2) is 54.9 Å². The van der Waals surface area contributed by atoms with Crippen molar-refractivity contribution in [3.8, 4) is 5.75 Å².